The van der Waals surface area contributed by atoms with E-state index in [-0.39, 0.29) is 5.91 Å². The first kappa shape index (κ1) is 15.0. The zero-order chi connectivity index (χ0) is 15.5. The Balaban J connectivity index is 1.84. The van der Waals surface area contributed by atoms with E-state index >= 15 is 0 Å². The highest BCUT2D eigenvalue weighted by atomic mass is 16.2. The van der Waals surface area contributed by atoms with E-state index in [0.717, 1.165) is 48.7 Å². The zero-order valence-corrected chi connectivity index (χ0v) is 13.3. The number of hydrogen-bond donors (Lipinski definition) is 0. The fraction of sp³-hybridized carbons (Fsp3) is 0.444. The Morgan fingerprint density at radius 3 is 2.91 bits per heavy atom. The van der Waals surface area contributed by atoms with Gasteiger partial charge >= 0.3 is 0 Å². The second-order valence-electron chi connectivity index (χ2n) is 6.24. The summed E-state index contributed by atoms with van der Waals surface area (Å²) >= 11 is 0. The van der Waals surface area contributed by atoms with Gasteiger partial charge in [-0.05, 0) is 50.9 Å². The van der Waals surface area contributed by atoms with Gasteiger partial charge in [0.15, 0.2) is 0 Å². The summed E-state index contributed by atoms with van der Waals surface area (Å²) in [7, 11) is 4.25. The highest BCUT2D eigenvalue weighted by Gasteiger charge is 2.23. The minimum Gasteiger partial charge on any atom is -0.339 e. The van der Waals surface area contributed by atoms with Crippen molar-refractivity contribution in [2.75, 3.05) is 27.2 Å². The molecule has 0 bridgehead atoms. The highest BCUT2D eigenvalue weighted by molar-refractivity contribution is 6.06. The molecule has 0 N–H and O–H groups in total. The van der Waals surface area contributed by atoms with Crippen LogP contribution < -0.4 is 0 Å². The molecule has 1 aromatic heterocycles. The van der Waals surface area contributed by atoms with Crippen LogP contribution in [-0.4, -0.2) is 53.9 Å². The summed E-state index contributed by atoms with van der Waals surface area (Å²) < 4.78 is 0. The summed E-state index contributed by atoms with van der Waals surface area (Å²) in [6.45, 7) is 1.69. The van der Waals surface area contributed by atoms with Crippen LogP contribution in [0.25, 0.3) is 10.8 Å². The zero-order valence-electron chi connectivity index (χ0n) is 13.3. The fourth-order valence-corrected chi connectivity index (χ4v) is 3.28. The van der Waals surface area contributed by atoms with Crippen molar-refractivity contribution in [3.63, 3.8) is 0 Å². The average Bonchev–Trinajstić information content (AvgIpc) is 2.80. The van der Waals surface area contributed by atoms with Gasteiger partial charge in [-0.25, -0.2) is 0 Å². The molecule has 0 spiro atoms. The summed E-state index contributed by atoms with van der Waals surface area (Å²) in [5, 5.41) is 2.02. The molecule has 1 aromatic carbocycles. The predicted molar refractivity (Wildman–Crippen MR) is 89.0 cm³/mol. The Bertz CT molecular complexity index is 663. The van der Waals surface area contributed by atoms with Crippen LogP contribution in [0.3, 0.4) is 0 Å². The van der Waals surface area contributed by atoms with Crippen molar-refractivity contribution < 1.29 is 4.79 Å². The summed E-state index contributed by atoms with van der Waals surface area (Å²) in [5.41, 5.74) is 0.795. The van der Waals surface area contributed by atoms with Gasteiger partial charge in [-0.3, -0.25) is 9.78 Å². The number of hydrogen-bond acceptors (Lipinski definition) is 3. The lowest BCUT2D eigenvalue weighted by molar-refractivity contribution is 0.0760. The van der Waals surface area contributed by atoms with Crippen molar-refractivity contribution in [2.24, 2.45) is 0 Å². The predicted octanol–water partition coefficient (Wildman–Crippen LogP) is 2.79. The minimum atomic E-state index is 0.149. The van der Waals surface area contributed by atoms with Crippen LogP contribution in [0, 0.1) is 0 Å². The molecule has 2 heterocycles. The number of pyridine rings is 1. The lowest BCUT2D eigenvalue weighted by Crippen LogP contribution is -2.33. The van der Waals surface area contributed by atoms with Gasteiger partial charge in [-0.1, -0.05) is 12.1 Å². The van der Waals surface area contributed by atoms with E-state index in [2.05, 4.69) is 24.0 Å². The molecule has 1 fully saturated rings. The molecule has 3 rings (SSSR count). The van der Waals surface area contributed by atoms with Crippen molar-refractivity contribution in [1.29, 1.82) is 0 Å². The quantitative estimate of drug-likeness (QED) is 0.855. The average molecular weight is 297 g/mol. The number of likely N-dealkylation sites (tertiary alicyclic amines) is 1. The van der Waals surface area contributed by atoms with Gasteiger partial charge in [0, 0.05) is 42.5 Å². The molecule has 22 heavy (non-hydrogen) atoms. The van der Waals surface area contributed by atoms with Gasteiger partial charge in [0.1, 0.15) is 0 Å². The number of amides is 1. The molecule has 4 nitrogen and oxygen atoms in total. The molecule has 0 radical (unpaired) electrons. The first-order valence-corrected chi connectivity index (χ1v) is 7.95. The third-order valence-corrected chi connectivity index (χ3v) is 4.63. The van der Waals surface area contributed by atoms with Crippen LogP contribution in [0.1, 0.15) is 29.6 Å². The fourth-order valence-electron chi connectivity index (χ4n) is 3.28. The Morgan fingerprint density at radius 1 is 1.23 bits per heavy atom. The minimum absolute atomic E-state index is 0.149. The van der Waals surface area contributed by atoms with Crippen LogP contribution in [0.15, 0.2) is 36.7 Å². The number of carbonyl (C=O) groups excluding carboxylic acids is 1. The van der Waals surface area contributed by atoms with E-state index in [1.165, 1.54) is 0 Å². The molecule has 2 aromatic rings. The highest BCUT2D eigenvalue weighted by Crippen LogP contribution is 2.21. The van der Waals surface area contributed by atoms with Crippen molar-refractivity contribution in [3.8, 4) is 0 Å². The van der Waals surface area contributed by atoms with E-state index in [9.17, 15) is 4.79 Å². The van der Waals surface area contributed by atoms with E-state index in [4.69, 9.17) is 0 Å². The first-order valence-electron chi connectivity index (χ1n) is 7.95. The van der Waals surface area contributed by atoms with Gasteiger partial charge in [-0.15, -0.1) is 0 Å². The van der Waals surface area contributed by atoms with Crippen LogP contribution in [0.4, 0.5) is 0 Å². The first-order chi connectivity index (χ1) is 10.7. The monoisotopic (exact) mass is 297 g/mol. The van der Waals surface area contributed by atoms with Gasteiger partial charge in [0.2, 0.25) is 0 Å². The number of carbonyl (C=O) groups is 1. The lowest BCUT2D eigenvalue weighted by Gasteiger charge is -2.23. The van der Waals surface area contributed by atoms with Crippen molar-refractivity contribution in [3.05, 3.63) is 42.2 Å². The third kappa shape index (κ3) is 2.97. The maximum Gasteiger partial charge on any atom is 0.254 e. The van der Waals surface area contributed by atoms with Crippen LogP contribution in [0.2, 0.25) is 0 Å². The molecule has 1 atom stereocenters. The summed E-state index contributed by atoms with van der Waals surface area (Å²) in [6, 6.07) is 8.39. The molecular formula is C18H23N3O. The van der Waals surface area contributed by atoms with Gasteiger partial charge in [0.05, 0.1) is 0 Å². The second kappa shape index (κ2) is 6.44. The number of aromatic nitrogens is 1. The summed E-state index contributed by atoms with van der Waals surface area (Å²) in [4.78, 5) is 21.4. The smallest absolute Gasteiger partial charge is 0.254 e. The second-order valence-corrected chi connectivity index (χ2v) is 6.24. The molecule has 1 amide bonds. The van der Waals surface area contributed by atoms with Crippen LogP contribution in [0.5, 0.6) is 0 Å². The molecule has 116 valence electrons. The molecular weight excluding hydrogens is 274 g/mol. The number of rotatable bonds is 2. The third-order valence-electron chi connectivity index (χ3n) is 4.63. The Labute approximate surface area is 131 Å². The van der Waals surface area contributed by atoms with E-state index in [1.807, 2.05) is 35.4 Å². The van der Waals surface area contributed by atoms with E-state index < -0.39 is 0 Å². The van der Waals surface area contributed by atoms with Gasteiger partial charge in [-0.2, -0.15) is 0 Å². The van der Waals surface area contributed by atoms with Crippen molar-refractivity contribution >= 4 is 16.7 Å². The number of nitrogens with zero attached hydrogens (tertiary/aromatic N) is 3. The Kier molecular flexibility index (Phi) is 4.39. The summed E-state index contributed by atoms with van der Waals surface area (Å²) in [5.74, 6) is 0.149. The maximum atomic E-state index is 12.9. The molecule has 1 aliphatic heterocycles. The van der Waals surface area contributed by atoms with E-state index in [0.29, 0.717) is 6.04 Å². The number of benzene rings is 1. The largest absolute Gasteiger partial charge is 0.339 e. The molecule has 1 saturated heterocycles. The summed E-state index contributed by atoms with van der Waals surface area (Å²) in [6.07, 6.45) is 6.85. The normalized spacial score (nSPS) is 19.4. The topological polar surface area (TPSA) is 36.4 Å². The van der Waals surface area contributed by atoms with E-state index in [1.54, 1.807) is 6.20 Å². The van der Waals surface area contributed by atoms with Crippen molar-refractivity contribution in [2.45, 2.75) is 25.3 Å². The standard InChI is InChI=1S/C18H23N3O/c1-20(2)15-6-4-11-21(12-9-15)18(22)17-7-3-5-14-13-19-10-8-16(14)17/h3,5,7-8,10,13,15H,4,6,9,11-12H2,1-2H3. The lowest BCUT2D eigenvalue weighted by atomic mass is 10.1. The molecule has 0 aliphatic carbocycles. The van der Waals surface area contributed by atoms with Crippen molar-refractivity contribution in [1.82, 2.24) is 14.8 Å². The SMILES string of the molecule is CN(C)C1CCCN(C(=O)c2cccc3cnccc23)CC1. The molecule has 0 saturated carbocycles. The van der Waals surface area contributed by atoms with Gasteiger partial charge in [0.25, 0.3) is 5.91 Å². The van der Waals surface area contributed by atoms with Crippen LogP contribution in [-0.2, 0) is 0 Å². The maximum absolute atomic E-state index is 12.9. The number of fused-ring (bicyclic) bond motifs is 1. The molecule has 4 heteroatoms. The molecule has 1 aliphatic rings. The Morgan fingerprint density at radius 2 is 2.09 bits per heavy atom. The van der Waals surface area contributed by atoms with Gasteiger partial charge < -0.3 is 9.80 Å². The van der Waals surface area contributed by atoms with Crippen LogP contribution >= 0.6 is 0 Å². The molecule has 1 unspecified atom stereocenters. The Hall–Kier alpha value is -1.94.